The number of hydrogen-bond donors (Lipinski definition) is 1. The van der Waals surface area contributed by atoms with Gasteiger partial charge in [-0.3, -0.25) is 0 Å². The molecule has 0 spiro atoms. The molecule has 1 aliphatic carbocycles. The van der Waals surface area contributed by atoms with E-state index in [-0.39, 0.29) is 19.1 Å². The standard InChI is InChI=1S/C24H17BrClNO2/c25-17-12-16(13-18(26)14-17)6-5-11-27-24(28)29-15-23-21-9-3-1-7-19(21)20-8-2-4-10-22(20)23/h1-4,7-10,12-14,23H,11,15H2,(H,27,28). The Hall–Kier alpha value is -2.74. The van der Waals surface area contributed by atoms with Gasteiger partial charge in [0.25, 0.3) is 0 Å². The fourth-order valence-corrected chi connectivity index (χ4v) is 4.40. The average Bonchev–Trinajstić information content (AvgIpc) is 3.03. The molecule has 5 heteroatoms. The summed E-state index contributed by atoms with van der Waals surface area (Å²) in [6.07, 6.45) is -0.478. The van der Waals surface area contributed by atoms with Gasteiger partial charge in [-0.2, -0.15) is 0 Å². The maximum Gasteiger partial charge on any atom is 0.407 e. The maximum absolute atomic E-state index is 12.1. The molecule has 0 saturated carbocycles. The highest BCUT2D eigenvalue weighted by atomic mass is 79.9. The van der Waals surface area contributed by atoms with E-state index in [9.17, 15) is 4.79 Å². The average molecular weight is 467 g/mol. The molecular formula is C24H17BrClNO2. The number of rotatable bonds is 3. The van der Waals surface area contributed by atoms with E-state index in [1.807, 2.05) is 30.3 Å². The van der Waals surface area contributed by atoms with Crippen molar-refractivity contribution in [2.24, 2.45) is 0 Å². The Kier molecular flexibility index (Phi) is 5.89. The minimum atomic E-state index is -0.478. The number of carbonyl (C=O) groups is 1. The number of amides is 1. The van der Waals surface area contributed by atoms with Crippen LogP contribution in [0, 0.1) is 11.8 Å². The van der Waals surface area contributed by atoms with Crippen molar-refractivity contribution in [2.75, 3.05) is 13.2 Å². The van der Waals surface area contributed by atoms with Crippen LogP contribution in [-0.4, -0.2) is 19.2 Å². The predicted octanol–water partition coefficient (Wildman–Crippen LogP) is 5.99. The van der Waals surface area contributed by atoms with E-state index in [4.69, 9.17) is 16.3 Å². The van der Waals surface area contributed by atoms with Crippen LogP contribution in [0.1, 0.15) is 22.6 Å². The highest BCUT2D eigenvalue weighted by Crippen LogP contribution is 2.44. The Balaban J connectivity index is 1.35. The van der Waals surface area contributed by atoms with Gasteiger partial charge in [-0.1, -0.05) is 87.9 Å². The molecule has 1 aliphatic rings. The van der Waals surface area contributed by atoms with Gasteiger partial charge in [-0.05, 0) is 40.5 Å². The summed E-state index contributed by atoms with van der Waals surface area (Å²) in [5.74, 6) is 5.92. The van der Waals surface area contributed by atoms with Crippen molar-refractivity contribution in [1.82, 2.24) is 5.32 Å². The van der Waals surface area contributed by atoms with E-state index < -0.39 is 6.09 Å². The van der Waals surface area contributed by atoms with Crippen LogP contribution in [0.5, 0.6) is 0 Å². The number of hydrogen-bond acceptors (Lipinski definition) is 2. The quantitative estimate of drug-likeness (QED) is 0.481. The van der Waals surface area contributed by atoms with Gasteiger partial charge >= 0.3 is 6.09 Å². The van der Waals surface area contributed by atoms with Crippen molar-refractivity contribution in [3.05, 3.63) is 92.9 Å². The summed E-state index contributed by atoms with van der Waals surface area (Å²) in [6.45, 7) is 0.481. The van der Waals surface area contributed by atoms with Crippen molar-refractivity contribution >= 4 is 33.6 Å². The van der Waals surface area contributed by atoms with Crippen molar-refractivity contribution in [3.8, 4) is 23.0 Å². The second-order valence-corrected chi connectivity index (χ2v) is 7.99. The number of nitrogens with one attached hydrogen (secondary N) is 1. The van der Waals surface area contributed by atoms with E-state index in [0.717, 1.165) is 10.0 Å². The number of halogens is 2. The summed E-state index contributed by atoms with van der Waals surface area (Å²) >= 11 is 9.38. The Morgan fingerprint density at radius 2 is 1.69 bits per heavy atom. The number of benzene rings is 3. The van der Waals surface area contributed by atoms with E-state index in [2.05, 4.69) is 57.4 Å². The van der Waals surface area contributed by atoms with E-state index in [1.54, 1.807) is 12.1 Å². The Morgan fingerprint density at radius 1 is 1.03 bits per heavy atom. The molecule has 3 aromatic carbocycles. The zero-order chi connectivity index (χ0) is 20.2. The van der Waals surface area contributed by atoms with Gasteiger partial charge in [0.2, 0.25) is 0 Å². The third kappa shape index (κ3) is 4.48. The molecule has 0 atom stereocenters. The Labute approximate surface area is 183 Å². The highest BCUT2D eigenvalue weighted by Gasteiger charge is 2.28. The van der Waals surface area contributed by atoms with Gasteiger partial charge in [0, 0.05) is 21.0 Å². The summed E-state index contributed by atoms with van der Waals surface area (Å²) in [5, 5.41) is 3.28. The van der Waals surface area contributed by atoms with Crippen LogP contribution in [0.4, 0.5) is 4.79 Å². The van der Waals surface area contributed by atoms with Gasteiger partial charge in [-0.25, -0.2) is 4.79 Å². The van der Waals surface area contributed by atoms with Crippen LogP contribution >= 0.6 is 27.5 Å². The number of fused-ring (bicyclic) bond motifs is 3. The lowest BCUT2D eigenvalue weighted by Gasteiger charge is -2.14. The predicted molar refractivity (Wildman–Crippen MR) is 119 cm³/mol. The molecule has 144 valence electrons. The summed E-state index contributed by atoms with van der Waals surface area (Å²) in [6, 6.07) is 21.9. The van der Waals surface area contributed by atoms with Crippen LogP contribution in [0.3, 0.4) is 0 Å². The fraction of sp³-hybridized carbons (Fsp3) is 0.125. The third-order valence-electron chi connectivity index (χ3n) is 4.76. The lowest BCUT2D eigenvalue weighted by Crippen LogP contribution is -2.26. The lowest BCUT2D eigenvalue weighted by molar-refractivity contribution is 0.144. The topological polar surface area (TPSA) is 38.3 Å². The molecule has 3 aromatic rings. The normalized spacial score (nSPS) is 11.8. The molecule has 0 aromatic heterocycles. The largest absolute Gasteiger partial charge is 0.449 e. The van der Waals surface area contributed by atoms with Crippen molar-refractivity contribution in [1.29, 1.82) is 0 Å². The molecule has 0 aliphatic heterocycles. The molecule has 29 heavy (non-hydrogen) atoms. The zero-order valence-electron chi connectivity index (χ0n) is 15.4. The van der Waals surface area contributed by atoms with Gasteiger partial charge in [0.05, 0.1) is 6.54 Å². The number of carbonyl (C=O) groups excluding carboxylic acids is 1. The van der Waals surface area contributed by atoms with E-state index in [1.165, 1.54) is 22.3 Å². The SMILES string of the molecule is O=C(NCC#Cc1cc(Cl)cc(Br)c1)OCC1c2ccccc2-c2ccccc21. The molecular weight excluding hydrogens is 450 g/mol. The van der Waals surface area contributed by atoms with E-state index >= 15 is 0 Å². The first-order chi connectivity index (χ1) is 14.1. The molecule has 0 fully saturated rings. The fourth-order valence-electron chi connectivity index (χ4n) is 3.54. The van der Waals surface area contributed by atoms with Crippen LogP contribution in [-0.2, 0) is 4.74 Å². The Morgan fingerprint density at radius 3 is 2.34 bits per heavy atom. The molecule has 0 radical (unpaired) electrons. The zero-order valence-corrected chi connectivity index (χ0v) is 17.8. The number of ether oxygens (including phenoxy) is 1. The van der Waals surface area contributed by atoms with Crippen molar-refractivity contribution in [3.63, 3.8) is 0 Å². The lowest BCUT2D eigenvalue weighted by atomic mass is 9.98. The first kappa shape index (κ1) is 19.6. The Bertz CT molecular complexity index is 1070. The highest BCUT2D eigenvalue weighted by molar-refractivity contribution is 9.10. The molecule has 3 nitrogen and oxygen atoms in total. The summed E-state index contributed by atoms with van der Waals surface area (Å²) in [5.41, 5.74) is 5.56. The minimum Gasteiger partial charge on any atom is -0.449 e. The first-order valence-corrected chi connectivity index (χ1v) is 10.3. The third-order valence-corrected chi connectivity index (χ3v) is 5.44. The van der Waals surface area contributed by atoms with Gasteiger partial charge in [0.15, 0.2) is 0 Å². The molecule has 0 bridgehead atoms. The number of alkyl carbamates (subject to hydrolysis) is 1. The second kappa shape index (κ2) is 8.73. The minimum absolute atomic E-state index is 0.0445. The molecule has 1 N–H and O–H groups in total. The van der Waals surface area contributed by atoms with Crippen molar-refractivity contribution < 1.29 is 9.53 Å². The van der Waals surface area contributed by atoms with Gasteiger partial charge < -0.3 is 10.1 Å². The molecule has 0 heterocycles. The summed E-state index contributed by atoms with van der Waals surface area (Å²) in [4.78, 5) is 12.1. The molecule has 1 amide bonds. The van der Waals surface area contributed by atoms with Crippen LogP contribution in [0.2, 0.25) is 5.02 Å². The molecule has 4 rings (SSSR count). The van der Waals surface area contributed by atoms with E-state index in [0.29, 0.717) is 5.02 Å². The van der Waals surface area contributed by atoms with Crippen LogP contribution in [0.15, 0.2) is 71.2 Å². The second-order valence-electron chi connectivity index (χ2n) is 6.64. The molecule has 0 unspecified atom stereocenters. The van der Waals surface area contributed by atoms with Gasteiger partial charge in [-0.15, -0.1) is 0 Å². The van der Waals surface area contributed by atoms with Gasteiger partial charge in [0.1, 0.15) is 6.61 Å². The monoisotopic (exact) mass is 465 g/mol. The summed E-state index contributed by atoms with van der Waals surface area (Å²) < 4.78 is 6.34. The van der Waals surface area contributed by atoms with Crippen molar-refractivity contribution in [2.45, 2.75) is 5.92 Å². The molecule has 0 saturated heterocycles. The maximum atomic E-state index is 12.1. The van der Waals surface area contributed by atoms with Crippen LogP contribution < -0.4 is 5.32 Å². The van der Waals surface area contributed by atoms with Crippen LogP contribution in [0.25, 0.3) is 11.1 Å². The summed E-state index contributed by atoms with van der Waals surface area (Å²) in [7, 11) is 0. The first-order valence-electron chi connectivity index (χ1n) is 9.15. The smallest absolute Gasteiger partial charge is 0.407 e.